The summed E-state index contributed by atoms with van der Waals surface area (Å²) in [5.41, 5.74) is -6.63. The predicted molar refractivity (Wildman–Crippen MR) is 73.6 cm³/mol. The summed E-state index contributed by atoms with van der Waals surface area (Å²) in [6, 6.07) is 0. The molecule has 0 aromatic rings. The van der Waals surface area contributed by atoms with Crippen molar-refractivity contribution in [2.24, 2.45) is 5.41 Å². The van der Waals surface area contributed by atoms with Crippen LogP contribution < -0.4 is 0 Å². The summed E-state index contributed by atoms with van der Waals surface area (Å²) in [4.78, 5) is 13.4. The first-order valence-corrected chi connectivity index (χ1v) is 8.34. The van der Waals surface area contributed by atoms with E-state index in [1.165, 1.54) is 11.0 Å². The Balaban J connectivity index is 1.96. The maximum atomic E-state index is 12.2. The van der Waals surface area contributed by atoms with Crippen LogP contribution in [-0.4, -0.2) is 43.6 Å². The van der Waals surface area contributed by atoms with Crippen molar-refractivity contribution in [1.82, 2.24) is 4.90 Å². The SMILES string of the molecule is CC(C)(C)OC(=O)N1CC[C@]2(C=C(OS(=O)(=O)C(F)(F)F)C2)C1. The summed E-state index contributed by atoms with van der Waals surface area (Å²) in [5.74, 6) is -0.242. The fraction of sp³-hybridized carbons (Fsp3) is 0.769. The summed E-state index contributed by atoms with van der Waals surface area (Å²) in [5, 5.41) is 0. The number of halogens is 3. The van der Waals surface area contributed by atoms with Crippen LogP contribution in [0.15, 0.2) is 11.8 Å². The van der Waals surface area contributed by atoms with Gasteiger partial charge in [-0.2, -0.15) is 21.6 Å². The van der Waals surface area contributed by atoms with Crippen LogP contribution in [0.4, 0.5) is 18.0 Å². The van der Waals surface area contributed by atoms with Gasteiger partial charge in [-0.15, -0.1) is 0 Å². The van der Waals surface area contributed by atoms with Gasteiger partial charge < -0.3 is 13.8 Å². The first-order valence-electron chi connectivity index (χ1n) is 6.94. The minimum Gasteiger partial charge on any atom is -0.444 e. The number of hydrogen-bond acceptors (Lipinski definition) is 5. The summed E-state index contributed by atoms with van der Waals surface area (Å²) in [7, 11) is -5.63. The first kappa shape index (κ1) is 17.9. The summed E-state index contributed by atoms with van der Waals surface area (Å²) >= 11 is 0. The molecule has 0 aromatic heterocycles. The highest BCUT2D eigenvalue weighted by Crippen LogP contribution is 2.48. The first-order chi connectivity index (χ1) is 10.2. The van der Waals surface area contributed by atoms with Gasteiger partial charge >= 0.3 is 21.7 Å². The minimum atomic E-state index is -5.63. The van der Waals surface area contributed by atoms with Gasteiger partial charge in [0, 0.05) is 24.9 Å². The zero-order chi connectivity index (χ0) is 17.7. The van der Waals surface area contributed by atoms with Gasteiger partial charge in [0.05, 0.1) is 0 Å². The van der Waals surface area contributed by atoms with Crippen LogP contribution in [0.2, 0.25) is 0 Å². The second-order valence-corrected chi connectivity index (χ2v) is 8.32. The molecule has 0 unspecified atom stereocenters. The van der Waals surface area contributed by atoms with Gasteiger partial charge in [0.25, 0.3) is 0 Å². The van der Waals surface area contributed by atoms with Crippen molar-refractivity contribution >= 4 is 16.2 Å². The zero-order valence-corrected chi connectivity index (χ0v) is 13.8. The molecule has 0 N–H and O–H groups in total. The molecule has 0 aromatic carbocycles. The monoisotopic (exact) mass is 357 g/mol. The highest BCUT2D eigenvalue weighted by atomic mass is 32.2. The molecule has 1 saturated heterocycles. The number of alkyl halides is 3. The molecular weight excluding hydrogens is 339 g/mol. The van der Waals surface area contributed by atoms with Gasteiger partial charge in [0.15, 0.2) is 0 Å². The highest BCUT2D eigenvalue weighted by molar-refractivity contribution is 7.87. The van der Waals surface area contributed by atoms with Gasteiger partial charge in [0.1, 0.15) is 11.4 Å². The van der Waals surface area contributed by atoms with E-state index < -0.39 is 32.7 Å². The van der Waals surface area contributed by atoms with Crippen molar-refractivity contribution < 1.29 is 35.3 Å². The van der Waals surface area contributed by atoms with E-state index >= 15 is 0 Å². The smallest absolute Gasteiger partial charge is 0.444 e. The molecule has 2 rings (SSSR count). The molecule has 1 amide bonds. The number of nitrogens with zero attached hydrogens (tertiary/aromatic N) is 1. The average molecular weight is 357 g/mol. The molecule has 1 heterocycles. The molecule has 1 spiro atoms. The van der Waals surface area contributed by atoms with E-state index in [0.29, 0.717) is 13.0 Å². The fourth-order valence-electron chi connectivity index (χ4n) is 2.54. The van der Waals surface area contributed by atoms with E-state index in [-0.39, 0.29) is 18.7 Å². The third-order valence-corrected chi connectivity index (χ3v) is 4.53. The van der Waals surface area contributed by atoms with Crippen LogP contribution in [0.1, 0.15) is 33.6 Å². The number of carbonyl (C=O) groups is 1. The Labute approximate surface area is 132 Å². The number of rotatable bonds is 2. The van der Waals surface area contributed by atoms with Crippen LogP contribution in [0.3, 0.4) is 0 Å². The lowest BCUT2D eigenvalue weighted by atomic mass is 9.74. The Morgan fingerprint density at radius 1 is 1.30 bits per heavy atom. The standard InChI is InChI=1S/C13H18F3NO5S/c1-11(2,3)21-10(18)17-5-4-12(8-17)6-9(7-12)22-23(19,20)13(14,15)16/h6H,4-5,7-8H2,1-3H3/t12-/m1/s1. The lowest BCUT2D eigenvalue weighted by Crippen LogP contribution is -2.39. The van der Waals surface area contributed by atoms with Crippen LogP contribution in [-0.2, 0) is 19.0 Å². The number of carbonyl (C=O) groups excluding carboxylic acids is 1. The Bertz CT molecular complexity index is 635. The summed E-state index contributed by atoms with van der Waals surface area (Å²) < 4.78 is 67.8. The van der Waals surface area contributed by atoms with Crippen molar-refractivity contribution in [3.8, 4) is 0 Å². The lowest BCUT2D eigenvalue weighted by molar-refractivity contribution is -0.0530. The Morgan fingerprint density at radius 3 is 2.35 bits per heavy atom. The molecule has 132 valence electrons. The van der Waals surface area contributed by atoms with Gasteiger partial charge in [-0.05, 0) is 33.3 Å². The number of hydrogen-bond donors (Lipinski definition) is 0. The summed E-state index contributed by atoms with van der Waals surface area (Å²) in [6.07, 6.45) is 1.41. The van der Waals surface area contributed by atoms with E-state index in [1.54, 1.807) is 20.8 Å². The van der Waals surface area contributed by atoms with Crippen LogP contribution in [0.5, 0.6) is 0 Å². The molecule has 1 aliphatic heterocycles. The molecule has 2 aliphatic rings. The van der Waals surface area contributed by atoms with Crippen LogP contribution in [0.25, 0.3) is 0 Å². The fourth-order valence-corrected chi connectivity index (χ4v) is 3.02. The molecule has 0 bridgehead atoms. The molecular formula is C13H18F3NO5S. The molecule has 10 heteroatoms. The second kappa shape index (κ2) is 5.29. The van der Waals surface area contributed by atoms with Crippen molar-refractivity contribution in [3.63, 3.8) is 0 Å². The molecule has 1 aliphatic carbocycles. The van der Waals surface area contributed by atoms with Gasteiger partial charge in [-0.25, -0.2) is 4.79 Å². The van der Waals surface area contributed by atoms with E-state index in [1.807, 2.05) is 0 Å². The van der Waals surface area contributed by atoms with Crippen molar-refractivity contribution in [2.75, 3.05) is 13.1 Å². The largest absolute Gasteiger partial charge is 0.534 e. The number of ether oxygens (including phenoxy) is 1. The quantitative estimate of drug-likeness (QED) is 0.561. The maximum Gasteiger partial charge on any atom is 0.534 e. The van der Waals surface area contributed by atoms with Gasteiger partial charge in [-0.3, -0.25) is 0 Å². The molecule has 1 fully saturated rings. The third-order valence-electron chi connectivity index (χ3n) is 3.53. The number of amides is 1. The molecule has 0 radical (unpaired) electrons. The molecule has 23 heavy (non-hydrogen) atoms. The Kier molecular flexibility index (Phi) is 4.11. The topological polar surface area (TPSA) is 72.9 Å². The van der Waals surface area contributed by atoms with E-state index in [0.717, 1.165) is 0 Å². The summed E-state index contributed by atoms with van der Waals surface area (Å²) in [6.45, 7) is 5.85. The minimum absolute atomic E-state index is 0.0433. The Morgan fingerprint density at radius 2 is 1.87 bits per heavy atom. The van der Waals surface area contributed by atoms with Crippen molar-refractivity contribution in [1.29, 1.82) is 0 Å². The van der Waals surface area contributed by atoms with Gasteiger partial charge in [0.2, 0.25) is 0 Å². The highest BCUT2D eigenvalue weighted by Gasteiger charge is 2.52. The molecule has 0 saturated carbocycles. The Hall–Kier alpha value is -1.45. The van der Waals surface area contributed by atoms with Crippen molar-refractivity contribution in [2.45, 2.75) is 44.7 Å². The number of allylic oxidation sites excluding steroid dienone is 1. The second-order valence-electron chi connectivity index (χ2n) is 6.78. The zero-order valence-electron chi connectivity index (χ0n) is 12.9. The normalized spacial score (nSPS) is 25.1. The third kappa shape index (κ3) is 3.91. The average Bonchev–Trinajstić information content (AvgIpc) is 2.69. The predicted octanol–water partition coefficient (Wildman–Crippen LogP) is 2.77. The van der Waals surface area contributed by atoms with E-state index in [4.69, 9.17) is 4.74 Å². The number of likely N-dealkylation sites (tertiary alicyclic amines) is 1. The van der Waals surface area contributed by atoms with E-state index in [2.05, 4.69) is 4.18 Å². The van der Waals surface area contributed by atoms with E-state index in [9.17, 15) is 26.4 Å². The van der Waals surface area contributed by atoms with Crippen molar-refractivity contribution in [3.05, 3.63) is 11.8 Å². The maximum absolute atomic E-state index is 12.2. The van der Waals surface area contributed by atoms with Gasteiger partial charge in [-0.1, -0.05) is 0 Å². The van der Waals surface area contributed by atoms with Crippen LogP contribution in [0, 0.1) is 5.41 Å². The molecule has 6 nitrogen and oxygen atoms in total. The lowest BCUT2D eigenvalue weighted by Gasteiger charge is -2.35. The van der Waals surface area contributed by atoms with Crippen LogP contribution >= 0.6 is 0 Å². The molecule has 1 atom stereocenters.